The molecule has 0 saturated heterocycles. The first-order chi connectivity index (χ1) is 15.7. The molecule has 10 nitrogen and oxygen atoms in total. The van der Waals surface area contributed by atoms with Crippen LogP contribution in [0, 0.1) is 0 Å². The normalized spacial score (nSPS) is 12.0. The molecule has 3 N–H and O–H groups in total. The molecule has 12 heteroatoms. The average Bonchev–Trinajstić information content (AvgIpc) is 3.35. The number of benzene rings is 1. The number of fused-ring (bicyclic) bond motifs is 2. The third-order valence-electron chi connectivity index (χ3n) is 5.25. The van der Waals surface area contributed by atoms with Gasteiger partial charge in [0.15, 0.2) is 0 Å². The van der Waals surface area contributed by atoms with E-state index in [1.54, 1.807) is 12.1 Å². The Morgan fingerprint density at radius 2 is 2.03 bits per heavy atom. The Morgan fingerprint density at radius 3 is 2.73 bits per heavy atom. The van der Waals surface area contributed by atoms with Crippen LogP contribution in [0.1, 0.15) is 37.4 Å². The van der Waals surface area contributed by atoms with Crippen LogP contribution in [0.15, 0.2) is 40.3 Å². The Labute approximate surface area is 194 Å². The average molecular weight is 489 g/mol. The van der Waals surface area contributed by atoms with E-state index in [1.807, 2.05) is 18.4 Å². The number of carbonyl (C=O) groups is 1. The van der Waals surface area contributed by atoms with E-state index in [0.29, 0.717) is 34.5 Å². The lowest BCUT2D eigenvalue weighted by molar-refractivity contribution is -0.117. The number of carbonyl (C=O) groups excluding carboxylic acids is 1. The number of nitrogens with zero attached hydrogens (tertiary/aromatic N) is 4. The van der Waals surface area contributed by atoms with E-state index in [4.69, 9.17) is 5.14 Å². The van der Waals surface area contributed by atoms with E-state index in [2.05, 4.69) is 15.4 Å². The molecule has 0 aliphatic heterocycles. The van der Waals surface area contributed by atoms with Gasteiger partial charge in [-0.2, -0.15) is 0 Å². The SMILES string of the molecule is CCCn1c(CCC(=O)Nn2cnc3sc(CC)cc3c2=O)nc2cc(S(N)(=O)=O)ccc21. The molecule has 0 bridgehead atoms. The minimum Gasteiger partial charge on any atom is -0.328 e. The first kappa shape index (κ1) is 23.1. The third-order valence-corrected chi connectivity index (χ3v) is 7.35. The van der Waals surface area contributed by atoms with E-state index >= 15 is 0 Å². The van der Waals surface area contributed by atoms with Gasteiger partial charge >= 0.3 is 0 Å². The zero-order chi connectivity index (χ0) is 23.8. The van der Waals surface area contributed by atoms with Crippen LogP contribution in [0.25, 0.3) is 21.3 Å². The van der Waals surface area contributed by atoms with Crippen molar-refractivity contribution in [2.24, 2.45) is 5.14 Å². The number of aromatic nitrogens is 4. The van der Waals surface area contributed by atoms with Gasteiger partial charge in [0.05, 0.1) is 21.3 Å². The first-order valence-electron chi connectivity index (χ1n) is 10.5. The van der Waals surface area contributed by atoms with Gasteiger partial charge in [-0.1, -0.05) is 13.8 Å². The summed E-state index contributed by atoms with van der Waals surface area (Å²) in [6.45, 7) is 4.69. The fourth-order valence-corrected chi connectivity index (χ4v) is 5.10. The van der Waals surface area contributed by atoms with Gasteiger partial charge in [0.25, 0.3) is 5.56 Å². The van der Waals surface area contributed by atoms with Gasteiger partial charge in [-0.15, -0.1) is 11.3 Å². The number of nitrogens with two attached hydrogens (primary N) is 1. The maximum atomic E-state index is 12.7. The lowest BCUT2D eigenvalue weighted by Crippen LogP contribution is -2.33. The Hall–Kier alpha value is -3.09. The molecule has 0 spiro atoms. The van der Waals surface area contributed by atoms with Crippen molar-refractivity contribution in [3.8, 4) is 0 Å². The van der Waals surface area contributed by atoms with Crippen LogP contribution in [0.4, 0.5) is 0 Å². The minimum absolute atomic E-state index is 0.0117. The van der Waals surface area contributed by atoms with Crippen LogP contribution in [0.5, 0.6) is 0 Å². The molecule has 0 aliphatic carbocycles. The zero-order valence-corrected chi connectivity index (χ0v) is 19.9. The second kappa shape index (κ2) is 9.04. The van der Waals surface area contributed by atoms with E-state index in [9.17, 15) is 18.0 Å². The zero-order valence-electron chi connectivity index (χ0n) is 18.2. The van der Waals surface area contributed by atoms with Gasteiger partial charge in [0.1, 0.15) is 17.0 Å². The van der Waals surface area contributed by atoms with Crippen molar-refractivity contribution in [2.75, 3.05) is 5.43 Å². The predicted molar refractivity (Wildman–Crippen MR) is 127 cm³/mol. The number of hydrogen-bond donors (Lipinski definition) is 2. The van der Waals surface area contributed by atoms with Gasteiger partial charge in [0, 0.05) is 24.3 Å². The van der Waals surface area contributed by atoms with Crippen LogP contribution in [0.3, 0.4) is 0 Å². The summed E-state index contributed by atoms with van der Waals surface area (Å²) in [5.74, 6) is 0.296. The Kier molecular flexibility index (Phi) is 6.32. The summed E-state index contributed by atoms with van der Waals surface area (Å²) < 4.78 is 26.4. The minimum atomic E-state index is -3.84. The van der Waals surface area contributed by atoms with Crippen molar-refractivity contribution in [3.63, 3.8) is 0 Å². The summed E-state index contributed by atoms with van der Waals surface area (Å²) in [6.07, 6.45) is 3.37. The highest BCUT2D eigenvalue weighted by molar-refractivity contribution is 7.89. The van der Waals surface area contributed by atoms with Crippen LogP contribution in [0.2, 0.25) is 0 Å². The number of primary sulfonamides is 1. The highest BCUT2D eigenvalue weighted by atomic mass is 32.2. The van der Waals surface area contributed by atoms with Crippen molar-refractivity contribution in [2.45, 2.75) is 51.0 Å². The quantitative estimate of drug-likeness (QED) is 0.389. The molecule has 1 aromatic carbocycles. The molecule has 3 heterocycles. The molecule has 33 heavy (non-hydrogen) atoms. The molecule has 0 saturated carbocycles. The largest absolute Gasteiger partial charge is 0.328 e. The number of sulfonamides is 1. The van der Waals surface area contributed by atoms with E-state index in [0.717, 1.165) is 27.9 Å². The second-order valence-corrected chi connectivity index (χ2v) is 10.3. The molecule has 1 amide bonds. The van der Waals surface area contributed by atoms with Crippen LogP contribution < -0.4 is 16.1 Å². The van der Waals surface area contributed by atoms with Crippen molar-refractivity contribution in [1.29, 1.82) is 0 Å². The second-order valence-electron chi connectivity index (χ2n) is 7.61. The van der Waals surface area contributed by atoms with Crippen LogP contribution in [-0.2, 0) is 34.2 Å². The standard InChI is InChI=1S/C21H24N6O4S2/c1-3-9-26-17-6-5-14(33(22,30)31)11-16(17)24-18(26)7-8-19(28)25-27-12-23-20-15(21(27)29)10-13(4-2)32-20/h5-6,10-12H,3-4,7-9H2,1-2H3,(H,25,28)(H2,22,30,31). The molecular weight excluding hydrogens is 464 g/mol. The van der Waals surface area contributed by atoms with Crippen LogP contribution >= 0.6 is 11.3 Å². The van der Waals surface area contributed by atoms with Gasteiger partial charge in [-0.05, 0) is 37.1 Å². The maximum absolute atomic E-state index is 12.7. The third kappa shape index (κ3) is 4.68. The van der Waals surface area contributed by atoms with Gasteiger partial charge in [0.2, 0.25) is 15.9 Å². The number of amides is 1. The highest BCUT2D eigenvalue weighted by Crippen LogP contribution is 2.22. The van der Waals surface area contributed by atoms with Crippen LogP contribution in [-0.4, -0.2) is 33.5 Å². The Morgan fingerprint density at radius 1 is 1.24 bits per heavy atom. The van der Waals surface area contributed by atoms with E-state index in [-0.39, 0.29) is 22.8 Å². The summed E-state index contributed by atoms with van der Waals surface area (Å²) in [7, 11) is -3.84. The number of rotatable bonds is 8. The topological polar surface area (TPSA) is 142 Å². The molecule has 174 valence electrons. The van der Waals surface area contributed by atoms with E-state index in [1.165, 1.54) is 29.8 Å². The molecule has 4 rings (SSSR count). The van der Waals surface area contributed by atoms with Gasteiger partial charge in [-0.3, -0.25) is 15.0 Å². The smallest absolute Gasteiger partial charge is 0.280 e. The molecule has 4 aromatic rings. The van der Waals surface area contributed by atoms with Gasteiger partial charge in [-0.25, -0.2) is 28.2 Å². The number of thiophene rings is 1. The predicted octanol–water partition coefficient (Wildman–Crippen LogP) is 2.13. The molecule has 3 aromatic heterocycles. The summed E-state index contributed by atoms with van der Waals surface area (Å²) in [5.41, 5.74) is 3.54. The highest BCUT2D eigenvalue weighted by Gasteiger charge is 2.16. The van der Waals surface area contributed by atoms with Crippen molar-refractivity contribution >= 4 is 48.5 Å². The molecular formula is C21H24N6O4S2. The summed E-state index contributed by atoms with van der Waals surface area (Å²) in [4.78, 5) is 35.8. The fourth-order valence-electron chi connectivity index (χ4n) is 3.64. The monoisotopic (exact) mass is 488 g/mol. The van der Waals surface area contributed by atoms with Crippen molar-refractivity contribution in [1.82, 2.24) is 19.2 Å². The Bertz CT molecular complexity index is 1520. The lowest BCUT2D eigenvalue weighted by atomic mass is 10.2. The lowest BCUT2D eigenvalue weighted by Gasteiger charge is -2.09. The molecule has 0 atom stereocenters. The number of imidazole rings is 1. The number of hydrogen-bond acceptors (Lipinski definition) is 7. The maximum Gasteiger partial charge on any atom is 0.280 e. The number of aryl methyl sites for hydroxylation is 3. The summed E-state index contributed by atoms with van der Waals surface area (Å²) >= 11 is 1.46. The van der Waals surface area contributed by atoms with Gasteiger partial charge < -0.3 is 4.57 Å². The molecule has 0 fully saturated rings. The van der Waals surface area contributed by atoms with Crippen molar-refractivity contribution < 1.29 is 13.2 Å². The Balaban J connectivity index is 1.54. The first-order valence-corrected chi connectivity index (χ1v) is 12.9. The van der Waals surface area contributed by atoms with Crippen molar-refractivity contribution in [3.05, 3.63) is 51.6 Å². The fraction of sp³-hybridized carbons (Fsp3) is 0.333. The summed E-state index contributed by atoms with van der Waals surface area (Å²) in [5, 5.41) is 5.71. The van der Waals surface area contributed by atoms with E-state index < -0.39 is 10.0 Å². The number of nitrogens with one attached hydrogen (secondary N) is 1. The summed E-state index contributed by atoms with van der Waals surface area (Å²) in [6, 6.07) is 6.37. The molecule has 0 aliphatic rings. The molecule has 0 unspecified atom stereocenters. The molecule has 0 radical (unpaired) electrons.